The van der Waals surface area contributed by atoms with Crippen LogP contribution in [0.4, 0.5) is 21.6 Å². The number of carbonyl (C=O) groups excluding carboxylic acids is 1. The first-order valence-electron chi connectivity index (χ1n) is 9.70. The standard InChI is InChI=1S/C22H23FN6O2/c1-2-3-4-10-31-20-14-27-19(13-28-20)22(30)29-16-7-8-17(23)15(11-16)12-26-18-6-5-9-25-21(18)24/h3-9,11,13-14,26H,2,10,12H2,1H3,(H2,24,25)(H,29,30)/b4-3-. The lowest BCUT2D eigenvalue weighted by Gasteiger charge is -2.11. The molecule has 0 saturated heterocycles. The van der Waals surface area contributed by atoms with Crippen LogP contribution in [0.15, 0.2) is 61.1 Å². The van der Waals surface area contributed by atoms with Gasteiger partial charge in [-0.3, -0.25) is 4.79 Å². The molecule has 2 aromatic heterocycles. The van der Waals surface area contributed by atoms with E-state index in [-0.39, 0.29) is 12.2 Å². The van der Waals surface area contributed by atoms with Gasteiger partial charge in [0.2, 0.25) is 5.88 Å². The quantitative estimate of drug-likeness (QED) is 0.449. The number of pyridine rings is 1. The van der Waals surface area contributed by atoms with Crippen LogP contribution in [-0.4, -0.2) is 27.5 Å². The Hall–Kier alpha value is -4.01. The molecule has 160 valence electrons. The van der Waals surface area contributed by atoms with Crippen LogP contribution in [0.25, 0.3) is 0 Å². The number of benzene rings is 1. The summed E-state index contributed by atoms with van der Waals surface area (Å²) in [5, 5.41) is 5.72. The molecule has 3 aromatic rings. The van der Waals surface area contributed by atoms with Gasteiger partial charge >= 0.3 is 0 Å². The number of hydrogen-bond acceptors (Lipinski definition) is 7. The molecular formula is C22H23FN6O2. The maximum Gasteiger partial charge on any atom is 0.275 e. The molecule has 0 fully saturated rings. The number of amides is 1. The predicted molar refractivity (Wildman–Crippen MR) is 117 cm³/mol. The summed E-state index contributed by atoms with van der Waals surface area (Å²) in [6.07, 6.45) is 9.06. The predicted octanol–water partition coefficient (Wildman–Crippen LogP) is 3.80. The largest absolute Gasteiger partial charge is 0.472 e. The minimum absolute atomic E-state index is 0.114. The Kier molecular flexibility index (Phi) is 7.47. The highest BCUT2D eigenvalue weighted by molar-refractivity contribution is 6.02. The normalized spacial score (nSPS) is 10.8. The van der Waals surface area contributed by atoms with Crippen LogP contribution in [0.2, 0.25) is 0 Å². The van der Waals surface area contributed by atoms with E-state index in [9.17, 15) is 9.18 Å². The van der Waals surface area contributed by atoms with Gasteiger partial charge in [-0.1, -0.05) is 19.1 Å². The number of nitrogens with zero attached hydrogens (tertiary/aromatic N) is 3. The van der Waals surface area contributed by atoms with Gasteiger partial charge in [0.1, 0.15) is 23.9 Å². The van der Waals surface area contributed by atoms with Crippen molar-refractivity contribution in [3.05, 3.63) is 78.1 Å². The summed E-state index contributed by atoms with van der Waals surface area (Å²) >= 11 is 0. The first kappa shape index (κ1) is 21.7. The van der Waals surface area contributed by atoms with E-state index in [1.807, 2.05) is 19.1 Å². The third-order valence-corrected chi connectivity index (χ3v) is 4.20. The van der Waals surface area contributed by atoms with E-state index >= 15 is 0 Å². The Bertz CT molecular complexity index is 1060. The molecule has 0 unspecified atom stereocenters. The molecule has 0 radical (unpaired) electrons. The van der Waals surface area contributed by atoms with Gasteiger partial charge in [-0.15, -0.1) is 0 Å². The van der Waals surface area contributed by atoms with Crippen LogP contribution in [0.5, 0.6) is 5.88 Å². The summed E-state index contributed by atoms with van der Waals surface area (Å²) in [4.78, 5) is 24.6. The molecule has 1 amide bonds. The van der Waals surface area contributed by atoms with Crippen molar-refractivity contribution in [2.45, 2.75) is 19.9 Å². The van der Waals surface area contributed by atoms with Crippen molar-refractivity contribution in [2.75, 3.05) is 23.0 Å². The van der Waals surface area contributed by atoms with Gasteiger partial charge < -0.3 is 21.1 Å². The van der Waals surface area contributed by atoms with Crippen molar-refractivity contribution in [3.8, 4) is 5.88 Å². The van der Waals surface area contributed by atoms with Gasteiger partial charge in [-0.2, -0.15) is 0 Å². The van der Waals surface area contributed by atoms with Crippen LogP contribution in [0.3, 0.4) is 0 Å². The minimum atomic E-state index is -0.466. The topological polar surface area (TPSA) is 115 Å². The molecule has 31 heavy (non-hydrogen) atoms. The number of nitrogen functional groups attached to an aromatic ring is 1. The van der Waals surface area contributed by atoms with E-state index < -0.39 is 11.7 Å². The second kappa shape index (κ2) is 10.7. The highest BCUT2D eigenvalue weighted by Crippen LogP contribution is 2.19. The molecular weight excluding hydrogens is 399 g/mol. The highest BCUT2D eigenvalue weighted by atomic mass is 19.1. The zero-order chi connectivity index (χ0) is 22.1. The van der Waals surface area contributed by atoms with Gasteiger partial charge in [0, 0.05) is 24.0 Å². The highest BCUT2D eigenvalue weighted by Gasteiger charge is 2.11. The van der Waals surface area contributed by atoms with Gasteiger partial charge in [0.15, 0.2) is 0 Å². The monoisotopic (exact) mass is 422 g/mol. The minimum Gasteiger partial charge on any atom is -0.472 e. The van der Waals surface area contributed by atoms with Crippen molar-refractivity contribution in [2.24, 2.45) is 0 Å². The second-order valence-corrected chi connectivity index (χ2v) is 6.48. The molecule has 0 aliphatic carbocycles. The maximum atomic E-state index is 14.2. The van der Waals surface area contributed by atoms with Crippen LogP contribution in [0, 0.1) is 5.82 Å². The van der Waals surface area contributed by atoms with E-state index in [2.05, 4.69) is 25.6 Å². The number of allylic oxidation sites excluding steroid dienone is 1. The van der Waals surface area contributed by atoms with Crippen molar-refractivity contribution in [1.82, 2.24) is 15.0 Å². The zero-order valence-electron chi connectivity index (χ0n) is 17.0. The van der Waals surface area contributed by atoms with Gasteiger partial charge in [-0.25, -0.2) is 19.3 Å². The van der Waals surface area contributed by atoms with Gasteiger partial charge in [0.05, 0.1) is 18.1 Å². The van der Waals surface area contributed by atoms with E-state index in [1.54, 1.807) is 18.3 Å². The number of ether oxygens (including phenoxy) is 1. The number of carbonyl (C=O) groups is 1. The maximum absolute atomic E-state index is 14.2. The van der Waals surface area contributed by atoms with Crippen LogP contribution in [-0.2, 0) is 6.54 Å². The first-order valence-corrected chi connectivity index (χ1v) is 9.70. The Balaban J connectivity index is 1.61. The average Bonchev–Trinajstić information content (AvgIpc) is 2.78. The van der Waals surface area contributed by atoms with E-state index in [0.717, 1.165) is 6.42 Å². The molecule has 0 atom stereocenters. The average molecular weight is 422 g/mol. The van der Waals surface area contributed by atoms with E-state index in [1.165, 1.54) is 30.6 Å². The van der Waals surface area contributed by atoms with Crippen LogP contribution >= 0.6 is 0 Å². The summed E-state index contributed by atoms with van der Waals surface area (Å²) in [6, 6.07) is 7.77. The van der Waals surface area contributed by atoms with Crippen LogP contribution < -0.4 is 21.1 Å². The van der Waals surface area contributed by atoms with Crippen molar-refractivity contribution < 1.29 is 13.9 Å². The van der Waals surface area contributed by atoms with Crippen molar-refractivity contribution in [3.63, 3.8) is 0 Å². The zero-order valence-corrected chi connectivity index (χ0v) is 17.0. The van der Waals surface area contributed by atoms with Crippen molar-refractivity contribution >= 4 is 23.1 Å². The Morgan fingerprint density at radius 1 is 1.19 bits per heavy atom. The second-order valence-electron chi connectivity index (χ2n) is 6.48. The molecule has 0 spiro atoms. The Labute approximate surface area is 179 Å². The fourth-order valence-electron chi connectivity index (χ4n) is 2.62. The SMILES string of the molecule is CC/C=C\COc1cnc(C(=O)Nc2ccc(F)c(CNc3cccnc3N)c2)cn1. The molecule has 2 heterocycles. The number of rotatable bonds is 9. The summed E-state index contributed by atoms with van der Waals surface area (Å²) < 4.78 is 19.6. The molecule has 3 rings (SSSR count). The molecule has 0 aliphatic heterocycles. The van der Waals surface area contributed by atoms with E-state index in [4.69, 9.17) is 10.5 Å². The first-order chi connectivity index (χ1) is 15.1. The molecule has 0 aliphatic rings. The molecule has 0 saturated carbocycles. The summed E-state index contributed by atoms with van der Waals surface area (Å²) in [5.74, 6) is -0.236. The third-order valence-electron chi connectivity index (χ3n) is 4.20. The molecule has 4 N–H and O–H groups in total. The summed E-state index contributed by atoms with van der Waals surface area (Å²) in [7, 11) is 0. The number of aromatic nitrogens is 3. The number of nitrogens with two attached hydrogens (primary N) is 1. The molecule has 0 bridgehead atoms. The lowest BCUT2D eigenvalue weighted by Crippen LogP contribution is -2.15. The summed E-state index contributed by atoms with van der Waals surface area (Å²) in [6.45, 7) is 2.58. The molecule has 9 heteroatoms. The van der Waals surface area contributed by atoms with Crippen LogP contribution in [0.1, 0.15) is 29.4 Å². The van der Waals surface area contributed by atoms with Crippen molar-refractivity contribution in [1.29, 1.82) is 0 Å². The summed E-state index contributed by atoms with van der Waals surface area (Å²) in [5.41, 5.74) is 7.28. The lowest BCUT2D eigenvalue weighted by atomic mass is 10.1. The number of hydrogen-bond donors (Lipinski definition) is 3. The Morgan fingerprint density at radius 3 is 2.81 bits per heavy atom. The molecule has 1 aromatic carbocycles. The Morgan fingerprint density at radius 2 is 2.06 bits per heavy atom. The van der Waals surface area contributed by atoms with Gasteiger partial charge in [0.25, 0.3) is 5.91 Å². The smallest absolute Gasteiger partial charge is 0.275 e. The fraction of sp³-hybridized carbons (Fsp3) is 0.182. The van der Waals surface area contributed by atoms with E-state index in [0.29, 0.717) is 35.2 Å². The third kappa shape index (κ3) is 6.23. The van der Waals surface area contributed by atoms with Gasteiger partial charge in [-0.05, 0) is 36.8 Å². The lowest BCUT2D eigenvalue weighted by molar-refractivity contribution is 0.102. The molecule has 8 nitrogen and oxygen atoms in total. The number of halogens is 1. The fourth-order valence-corrected chi connectivity index (χ4v) is 2.62. The number of anilines is 3. The number of nitrogens with one attached hydrogen (secondary N) is 2.